The van der Waals surface area contributed by atoms with Crippen LogP contribution in [0, 0.1) is 0 Å². The van der Waals surface area contributed by atoms with Crippen molar-refractivity contribution in [2.45, 2.75) is 39.5 Å². The molecular formula is C26H29NaO7. The van der Waals surface area contributed by atoms with Crippen LogP contribution in [0.4, 0.5) is 0 Å². The summed E-state index contributed by atoms with van der Waals surface area (Å²) in [6.45, 7) is 7.93. The van der Waals surface area contributed by atoms with Crippen LogP contribution in [0.5, 0.6) is 17.2 Å². The first-order valence-corrected chi connectivity index (χ1v) is 10.9. The van der Waals surface area contributed by atoms with E-state index in [0.717, 1.165) is 12.0 Å². The Balaban J connectivity index is 0.00000408. The zero-order chi connectivity index (χ0) is 24.0. The van der Waals surface area contributed by atoms with Gasteiger partial charge in [-0.1, -0.05) is 19.4 Å². The number of ether oxygens (including phenoxy) is 2. The van der Waals surface area contributed by atoms with Crippen molar-refractivity contribution in [2.75, 3.05) is 13.2 Å². The number of fused-ring (bicyclic) bond motifs is 1. The number of phenolic OH excluding ortho intramolecular Hbond substituents is 1. The molecule has 176 valence electrons. The van der Waals surface area contributed by atoms with Gasteiger partial charge in [-0.15, -0.1) is 6.58 Å². The van der Waals surface area contributed by atoms with E-state index in [1.54, 1.807) is 30.3 Å². The van der Waals surface area contributed by atoms with Gasteiger partial charge in [0.15, 0.2) is 5.78 Å². The second-order valence-electron chi connectivity index (χ2n) is 7.66. The second-order valence-corrected chi connectivity index (χ2v) is 7.66. The van der Waals surface area contributed by atoms with E-state index in [4.69, 9.17) is 13.9 Å². The molecule has 1 heterocycles. The fourth-order valence-electron chi connectivity index (χ4n) is 3.70. The quantitative estimate of drug-likeness (QED) is 0.165. The maximum atomic E-state index is 11.7. The van der Waals surface area contributed by atoms with Gasteiger partial charge in [0.1, 0.15) is 22.8 Å². The Morgan fingerprint density at radius 2 is 1.74 bits per heavy atom. The fourth-order valence-corrected chi connectivity index (χ4v) is 3.70. The van der Waals surface area contributed by atoms with E-state index in [1.165, 1.54) is 13.0 Å². The molecule has 0 bridgehead atoms. The molecule has 0 amide bonds. The minimum absolute atomic E-state index is 0. The Morgan fingerprint density at radius 3 is 2.32 bits per heavy atom. The molecule has 0 radical (unpaired) electrons. The van der Waals surface area contributed by atoms with Crippen molar-refractivity contribution < 1.29 is 33.7 Å². The number of carbonyl (C=O) groups excluding carboxylic acids is 1. The summed E-state index contributed by atoms with van der Waals surface area (Å²) in [5, 5.41) is 20.3. The van der Waals surface area contributed by atoms with Crippen LogP contribution in [0.3, 0.4) is 0 Å². The molecular weight excluding hydrogens is 447 g/mol. The molecule has 0 atom stereocenters. The number of rotatable bonds is 12. The van der Waals surface area contributed by atoms with Crippen LogP contribution < -0.4 is 9.47 Å². The number of carbonyl (C=O) groups is 2. The van der Waals surface area contributed by atoms with Crippen LogP contribution >= 0.6 is 0 Å². The molecule has 2 aromatic carbocycles. The average Bonchev–Trinajstić information content (AvgIpc) is 3.22. The second kappa shape index (κ2) is 12.6. The van der Waals surface area contributed by atoms with Gasteiger partial charge in [-0.05, 0) is 50.1 Å². The van der Waals surface area contributed by atoms with Gasteiger partial charge in [-0.3, -0.25) is 4.79 Å². The third-order valence-corrected chi connectivity index (χ3v) is 5.25. The van der Waals surface area contributed by atoms with E-state index in [0.29, 0.717) is 66.1 Å². The number of ketones is 1. The number of furan rings is 1. The van der Waals surface area contributed by atoms with Crippen LogP contribution in [0.15, 0.2) is 47.4 Å². The summed E-state index contributed by atoms with van der Waals surface area (Å²) >= 11 is 0. The molecule has 8 heteroatoms. The van der Waals surface area contributed by atoms with Crippen LogP contribution in [0.1, 0.15) is 58.7 Å². The summed E-state index contributed by atoms with van der Waals surface area (Å²) in [4.78, 5) is 22.9. The summed E-state index contributed by atoms with van der Waals surface area (Å²) < 4.78 is 17.2. The van der Waals surface area contributed by atoms with Crippen LogP contribution in [0.25, 0.3) is 11.0 Å². The van der Waals surface area contributed by atoms with Gasteiger partial charge in [-0.2, -0.15) is 0 Å². The number of benzene rings is 2. The minimum atomic E-state index is -1.12. The van der Waals surface area contributed by atoms with E-state index in [9.17, 15) is 19.8 Å². The van der Waals surface area contributed by atoms with Crippen molar-refractivity contribution in [3.05, 3.63) is 65.4 Å². The predicted octanol–water partition coefficient (Wildman–Crippen LogP) is 4.92. The molecule has 3 aromatic rings. The average molecular weight is 477 g/mol. The number of carboxylic acid groups (broad SMARTS) is 1. The molecule has 0 aliphatic heterocycles. The molecule has 7 nitrogen and oxygen atoms in total. The number of hydrogen-bond donors (Lipinski definition) is 2. The Morgan fingerprint density at radius 1 is 1.09 bits per heavy atom. The monoisotopic (exact) mass is 476 g/mol. The summed E-state index contributed by atoms with van der Waals surface area (Å²) in [7, 11) is 0. The number of carboxylic acids is 1. The number of hydrogen-bond acceptors (Lipinski definition) is 6. The topological polar surface area (TPSA) is 106 Å². The first-order chi connectivity index (χ1) is 15.9. The zero-order valence-corrected chi connectivity index (χ0v) is 18.8. The number of Topliss-reactive ketones (excluding diaryl/α,β-unsaturated/α-hetero) is 1. The summed E-state index contributed by atoms with van der Waals surface area (Å²) in [5.41, 5.74) is 2.23. The van der Waals surface area contributed by atoms with E-state index in [2.05, 4.69) is 6.58 Å². The molecule has 2 N–H and O–H groups in total. The van der Waals surface area contributed by atoms with Crippen molar-refractivity contribution in [1.82, 2.24) is 0 Å². The third-order valence-electron chi connectivity index (χ3n) is 5.25. The maximum absolute atomic E-state index is 11.7. The van der Waals surface area contributed by atoms with Crippen molar-refractivity contribution in [3.8, 4) is 17.2 Å². The van der Waals surface area contributed by atoms with Crippen LogP contribution in [-0.2, 0) is 12.8 Å². The molecule has 0 spiro atoms. The Hall–Kier alpha value is -2.74. The van der Waals surface area contributed by atoms with Gasteiger partial charge in [-0.25, -0.2) is 4.79 Å². The van der Waals surface area contributed by atoms with Crippen molar-refractivity contribution >= 4 is 52.3 Å². The molecule has 0 aliphatic carbocycles. The van der Waals surface area contributed by atoms with E-state index in [-0.39, 0.29) is 46.9 Å². The number of phenols is 1. The van der Waals surface area contributed by atoms with Crippen LogP contribution in [-0.4, -0.2) is 64.7 Å². The SMILES string of the molecule is C=CCc1c(OCCCOc2ccc(C(C)=O)c(O)c2CCC)ccc2oc(C(=O)O)cc12.[NaH]. The van der Waals surface area contributed by atoms with Crippen LogP contribution in [0.2, 0.25) is 0 Å². The van der Waals surface area contributed by atoms with E-state index in [1.807, 2.05) is 6.92 Å². The number of aromatic hydroxyl groups is 1. The Labute approximate surface area is 220 Å². The number of aromatic carboxylic acids is 1. The standard InChI is InChI=1S/C26H28O7.Na.H/c1-4-7-18-20-15-24(26(29)30)33-23(20)12-11-21(18)31-13-6-14-32-22-10-9-17(16(3)27)25(28)19(22)8-5-2;;/h4,9-12,15,28H,1,5-8,13-14H2,2-3H3,(H,29,30);;. The van der Waals surface area contributed by atoms with Crippen molar-refractivity contribution in [1.29, 1.82) is 0 Å². The van der Waals surface area contributed by atoms with Gasteiger partial charge in [0.05, 0.1) is 18.8 Å². The van der Waals surface area contributed by atoms with Crippen molar-refractivity contribution in [3.63, 3.8) is 0 Å². The summed E-state index contributed by atoms with van der Waals surface area (Å²) in [6, 6.07) is 8.25. The Bertz CT molecular complexity index is 1180. The number of allylic oxidation sites excluding steroid dienone is 1. The van der Waals surface area contributed by atoms with E-state index >= 15 is 0 Å². The third kappa shape index (κ3) is 6.23. The van der Waals surface area contributed by atoms with Gasteiger partial charge in [0, 0.05) is 22.9 Å². The zero-order valence-electron chi connectivity index (χ0n) is 18.8. The summed E-state index contributed by atoms with van der Waals surface area (Å²) in [5.74, 6) is -0.252. The van der Waals surface area contributed by atoms with Gasteiger partial charge in [0.2, 0.25) is 5.76 Å². The normalized spacial score (nSPS) is 10.5. The molecule has 3 rings (SSSR count). The predicted molar refractivity (Wildman–Crippen MR) is 132 cm³/mol. The molecule has 0 fully saturated rings. The van der Waals surface area contributed by atoms with Gasteiger partial charge < -0.3 is 24.1 Å². The van der Waals surface area contributed by atoms with Gasteiger partial charge >= 0.3 is 35.5 Å². The molecule has 34 heavy (non-hydrogen) atoms. The van der Waals surface area contributed by atoms with Gasteiger partial charge in [0.25, 0.3) is 0 Å². The molecule has 0 unspecified atom stereocenters. The summed E-state index contributed by atoms with van der Waals surface area (Å²) in [6.07, 6.45) is 4.22. The first-order valence-electron chi connectivity index (χ1n) is 10.9. The van der Waals surface area contributed by atoms with E-state index < -0.39 is 5.97 Å². The van der Waals surface area contributed by atoms with Crippen molar-refractivity contribution in [2.24, 2.45) is 0 Å². The first kappa shape index (κ1) is 27.5. The molecule has 0 aliphatic rings. The molecule has 0 saturated carbocycles. The fraction of sp³-hybridized carbons (Fsp3) is 0.308. The molecule has 1 aromatic heterocycles. The Kier molecular flexibility index (Phi) is 10.2. The molecule has 0 saturated heterocycles.